The average Bonchev–Trinajstić information content (AvgIpc) is 2.73. The zero-order valence-corrected chi connectivity index (χ0v) is 20.4. The van der Waals surface area contributed by atoms with Crippen LogP contribution in [-0.2, 0) is 0 Å². The lowest BCUT2D eigenvalue weighted by Gasteiger charge is -2.17. The van der Waals surface area contributed by atoms with Gasteiger partial charge in [-0.25, -0.2) is 0 Å². The molecule has 1 aromatic heterocycles. The number of hydrogen-bond donors (Lipinski definition) is 0. The second kappa shape index (κ2) is 10.1. The number of rotatable bonds is 7. The van der Waals surface area contributed by atoms with Gasteiger partial charge in [0.1, 0.15) is 16.7 Å². The molecule has 3 rings (SSSR count). The van der Waals surface area contributed by atoms with Gasteiger partial charge >= 0.3 is 0 Å². The summed E-state index contributed by atoms with van der Waals surface area (Å²) >= 11 is 6.47. The highest BCUT2D eigenvalue weighted by molar-refractivity contribution is 7.99. The average molecular weight is 476 g/mol. The van der Waals surface area contributed by atoms with Gasteiger partial charge in [0.2, 0.25) is 5.75 Å². The number of nitrogens with zero attached hydrogens (tertiary/aromatic N) is 1. The summed E-state index contributed by atoms with van der Waals surface area (Å²) in [5.41, 5.74) is 0.112. The molecule has 9 heteroatoms. The van der Waals surface area contributed by atoms with Crippen molar-refractivity contribution in [2.24, 2.45) is 0 Å². The molecule has 0 aliphatic rings. The van der Waals surface area contributed by atoms with Crippen molar-refractivity contribution in [2.75, 3.05) is 28.3 Å². The van der Waals surface area contributed by atoms with E-state index in [0.29, 0.717) is 38.5 Å². The first kappa shape index (κ1) is 23.7. The molecule has 0 spiro atoms. The number of hydrogen-bond acceptors (Lipinski definition) is 8. The molecule has 0 aliphatic carbocycles. The number of fused-ring (bicyclic) bond motifs is 1. The minimum atomic E-state index is -0.240. The standard InChI is InChI=1S/C23H25NO6S2/c1-13(2)28-18-12-17-20(22(27-6)21(18)26-5)16(25)11-19(30-17)32-15-9-7-14(8-10-15)29-23(31)24(3)4/h7-13H,1-6H3. The van der Waals surface area contributed by atoms with E-state index in [0.717, 1.165) is 4.90 Å². The molecule has 7 nitrogen and oxygen atoms in total. The van der Waals surface area contributed by atoms with Crippen molar-refractivity contribution in [1.82, 2.24) is 4.90 Å². The zero-order chi connectivity index (χ0) is 23.4. The van der Waals surface area contributed by atoms with Gasteiger partial charge in [-0.2, -0.15) is 0 Å². The minimum Gasteiger partial charge on any atom is -0.492 e. The molecule has 0 atom stereocenters. The first-order chi connectivity index (χ1) is 15.2. The number of methoxy groups -OCH3 is 2. The van der Waals surface area contributed by atoms with Crippen molar-refractivity contribution in [3.05, 3.63) is 46.6 Å². The van der Waals surface area contributed by atoms with Crippen LogP contribution in [0.3, 0.4) is 0 Å². The largest absolute Gasteiger partial charge is 0.492 e. The van der Waals surface area contributed by atoms with E-state index in [4.69, 9.17) is 35.6 Å². The Hall–Kier alpha value is -2.91. The Morgan fingerprint density at radius 3 is 2.28 bits per heavy atom. The molecule has 0 unspecified atom stereocenters. The Morgan fingerprint density at radius 1 is 1.06 bits per heavy atom. The zero-order valence-electron chi connectivity index (χ0n) is 18.8. The highest BCUT2D eigenvalue weighted by Gasteiger charge is 2.21. The van der Waals surface area contributed by atoms with Gasteiger partial charge in [0, 0.05) is 31.1 Å². The second-order valence-electron chi connectivity index (χ2n) is 7.25. The van der Waals surface area contributed by atoms with E-state index in [-0.39, 0.29) is 17.3 Å². The van der Waals surface area contributed by atoms with E-state index in [1.807, 2.05) is 40.1 Å². The smallest absolute Gasteiger partial charge is 0.264 e. The summed E-state index contributed by atoms with van der Waals surface area (Å²) in [6.07, 6.45) is -0.101. The van der Waals surface area contributed by atoms with Gasteiger partial charge in [-0.15, -0.1) is 0 Å². The van der Waals surface area contributed by atoms with Crippen LogP contribution in [0.25, 0.3) is 11.0 Å². The van der Waals surface area contributed by atoms with Crippen LogP contribution in [0.5, 0.6) is 23.0 Å². The summed E-state index contributed by atoms with van der Waals surface area (Å²) in [5, 5.41) is 1.10. The summed E-state index contributed by atoms with van der Waals surface area (Å²) in [4.78, 5) is 15.5. The van der Waals surface area contributed by atoms with Gasteiger partial charge in [0.25, 0.3) is 5.17 Å². The Bertz CT molecular complexity index is 1170. The van der Waals surface area contributed by atoms with Crippen LogP contribution in [0, 0.1) is 0 Å². The molecule has 0 bridgehead atoms. The molecule has 0 saturated carbocycles. The summed E-state index contributed by atoms with van der Waals surface area (Å²) in [6, 6.07) is 10.4. The van der Waals surface area contributed by atoms with Gasteiger partial charge < -0.3 is 28.3 Å². The molecule has 0 radical (unpaired) electrons. The maximum Gasteiger partial charge on any atom is 0.264 e. The van der Waals surface area contributed by atoms with Crippen molar-refractivity contribution in [2.45, 2.75) is 29.9 Å². The van der Waals surface area contributed by atoms with Gasteiger partial charge in [-0.3, -0.25) is 4.79 Å². The Morgan fingerprint density at radius 2 is 1.72 bits per heavy atom. The first-order valence-electron chi connectivity index (χ1n) is 9.80. The number of benzene rings is 2. The van der Waals surface area contributed by atoms with Crippen LogP contribution in [0.15, 0.2) is 55.6 Å². The van der Waals surface area contributed by atoms with Crippen LogP contribution >= 0.6 is 24.0 Å². The van der Waals surface area contributed by atoms with Crippen molar-refractivity contribution < 1.29 is 23.4 Å². The molecule has 32 heavy (non-hydrogen) atoms. The van der Waals surface area contributed by atoms with Crippen molar-refractivity contribution in [1.29, 1.82) is 0 Å². The second-order valence-corrected chi connectivity index (χ2v) is 8.67. The lowest BCUT2D eigenvalue weighted by molar-refractivity contribution is 0.226. The van der Waals surface area contributed by atoms with Gasteiger partial charge in [0.05, 0.1) is 20.3 Å². The maximum atomic E-state index is 12.9. The molecule has 0 fully saturated rings. The number of thiocarbonyl (C=S) groups is 1. The first-order valence-corrected chi connectivity index (χ1v) is 11.0. The number of ether oxygens (including phenoxy) is 4. The molecule has 1 heterocycles. The third-order valence-electron chi connectivity index (χ3n) is 4.25. The van der Waals surface area contributed by atoms with Crippen LogP contribution in [-0.4, -0.2) is 44.5 Å². The van der Waals surface area contributed by atoms with E-state index in [1.165, 1.54) is 32.0 Å². The quantitative estimate of drug-likeness (QED) is 0.440. The van der Waals surface area contributed by atoms with Gasteiger partial charge in [-0.05, 0) is 50.3 Å². The van der Waals surface area contributed by atoms with Crippen LogP contribution in [0.2, 0.25) is 0 Å². The maximum absolute atomic E-state index is 12.9. The summed E-state index contributed by atoms with van der Waals surface area (Å²) in [6.45, 7) is 3.80. The van der Waals surface area contributed by atoms with E-state index in [9.17, 15) is 4.79 Å². The lowest BCUT2D eigenvalue weighted by Crippen LogP contribution is -2.24. The van der Waals surface area contributed by atoms with Crippen LogP contribution in [0.1, 0.15) is 13.8 Å². The lowest BCUT2D eigenvalue weighted by atomic mass is 10.1. The van der Waals surface area contributed by atoms with Crippen LogP contribution in [0.4, 0.5) is 0 Å². The Balaban J connectivity index is 1.96. The minimum absolute atomic E-state index is 0.101. The Labute approximate surface area is 196 Å². The molecule has 0 saturated heterocycles. The van der Waals surface area contributed by atoms with E-state index in [1.54, 1.807) is 23.1 Å². The van der Waals surface area contributed by atoms with E-state index >= 15 is 0 Å². The molecule has 3 aromatic rings. The van der Waals surface area contributed by atoms with E-state index < -0.39 is 0 Å². The SMILES string of the molecule is COc1c(OC(C)C)cc2oc(Sc3ccc(OC(=S)N(C)C)cc3)cc(=O)c2c1OC. The fraction of sp³-hybridized carbons (Fsp3) is 0.304. The molecule has 0 N–H and O–H groups in total. The fourth-order valence-corrected chi connectivity index (χ4v) is 3.79. The molecule has 2 aromatic carbocycles. The predicted octanol–water partition coefficient (Wildman–Crippen LogP) is 4.97. The predicted molar refractivity (Wildman–Crippen MR) is 129 cm³/mol. The molecule has 0 aliphatic heterocycles. The highest BCUT2D eigenvalue weighted by Crippen LogP contribution is 2.43. The van der Waals surface area contributed by atoms with E-state index in [2.05, 4.69) is 0 Å². The Kier molecular flexibility index (Phi) is 7.52. The topological polar surface area (TPSA) is 70.4 Å². The monoisotopic (exact) mass is 475 g/mol. The van der Waals surface area contributed by atoms with Gasteiger partial charge in [0.15, 0.2) is 22.0 Å². The van der Waals surface area contributed by atoms with Crippen molar-refractivity contribution in [3.63, 3.8) is 0 Å². The third-order valence-corrected chi connectivity index (χ3v) is 5.61. The highest BCUT2D eigenvalue weighted by atomic mass is 32.2. The van der Waals surface area contributed by atoms with Gasteiger partial charge in [-0.1, -0.05) is 11.8 Å². The molecule has 170 valence electrons. The molecule has 0 amide bonds. The summed E-state index contributed by atoms with van der Waals surface area (Å²) in [5.74, 6) is 1.70. The van der Waals surface area contributed by atoms with Crippen molar-refractivity contribution in [3.8, 4) is 23.0 Å². The van der Waals surface area contributed by atoms with Crippen LogP contribution < -0.4 is 24.4 Å². The fourth-order valence-electron chi connectivity index (χ4n) is 2.89. The summed E-state index contributed by atoms with van der Waals surface area (Å²) in [7, 11) is 6.61. The third kappa shape index (κ3) is 5.28. The molecular weight excluding hydrogens is 450 g/mol. The normalized spacial score (nSPS) is 10.8. The molecular formula is C23H25NO6S2. The van der Waals surface area contributed by atoms with Crippen molar-refractivity contribution >= 4 is 40.1 Å². The summed E-state index contributed by atoms with van der Waals surface area (Å²) < 4.78 is 28.4.